The van der Waals surface area contributed by atoms with Crippen LogP contribution in [0.15, 0.2) is 54.7 Å². The van der Waals surface area contributed by atoms with Gasteiger partial charge in [0, 0.05) is 35.4 Å². The highest BCUT2D eigenvalue weighted by Gasteiger charge is 2.27. The number of carbonyl (C=O) groups excluding carboxylic acids is 2. The molecule has 3 amide bonds. The van der Waals surface area contributed by atoms with Crippen LogP contribution in [-0.4, -0.2) is 39.0 Å². The maximum Gasteiger partial charge on any atom is 0.404 e. The van der Waals surface area contributed by atoms with Crippen LogP contribution < -0.4 is 16.4 Å². The Balaban J connectivity index is 1.60. The number of carbonyl (C=O) groups is 3. The zero-order valence-electron chi connectivity index (χ0n) is 19.6. The standard InChI is InChI=1S/C27H25N5O4/c1-14-16(5-4-7-20(14)32-26(34)21-6-2-3-12-29-21)17-10-11-19(25(28)33)24-23(17)18-9-8-15(30-27(35)36)13-22(18)31-24/h2-7,10-12,15,30-31H,8-9,13H2,1H3,(H2,28,33)(H,32,34)(H,35,36). The molecule has 4 aromatic rings. The predicted molar refractivity (Wildman–Crippen MR) is 136 cm³/mol. The van der Waals surface area contributed by atoms with E-state index in [2.05, 4.69) is 20.6 Å². The van der Waals surface area contributed by atoms with Crippen LogP contribution in [0.2, 0.25) is 0 Å². The minimum atomic E-state index is -1.06. The van der Waals surface area contributed by atoms with Crippen molar-refractivity contribution in [2.45, 2.75) is 32.2 Å². The number of nitrogens with two attached hydrogens (primary N) is 1. The van der Waals surface area contributed by atoms with E-state index in [-0.39, 0.29) is 11.9 Å². The summed E-state index contributed by atoms with van der Waals surface area (Å²) in [5, 5.41) is 15.5. The number of pyridine rings is 1. The SMILES string of the molecule is Cc1c(NC(=O)c2ccccn2)cccc1-c1ccc(C(N)=O)c2[nH]c3c(c12)CCC(NC(=O)O)C3. The second-order valence-corrected chi connectivity index (χ2v) is 8.89. The number of anilines is 1. The molecule has 0 saturated carbocycles. The van der Waals surface area contributed by atoms with Crippen LogP contribution in [0.25, 0.3) is 22.0 Å². The molecule has 2 aromatic heterocycles. The van der Waals surface area contributed by atoms with Crippen molar-refractivity contribution in [2.75, 3.05) is 5.32 Å². The van der Waals surface area contributed by atoms with Crippen molar-refractivity contribution in [3.05, 3.63) is 82.8 Å². The highest BCUT2D eigenvalue weighted by Crippen LogP contribution is 2.40. The van der Waals surface area contributed by atoms with E-state index >= 15 is 0 Å². The van der Waals surface area contributed by atoms with Crippen LogP contribution in [-0.2, 0) is 12.8 Å². The minimum Gasteiger partial charge on any atom is -0.465 e. The van der Waals surface area contributed by atoms with Gasteiger partial charge in [0.2, 0.25) is 0 Å². The monoisotopic (exact) mass is 483 g/mol. The first-order chi connectivity index (χ1) is 17.3. The number of hydrogen-bond donors (Lipinski definition) is 5. The lowest BCUT2D eigenvalue weighted by molar-refractivity contribution is 0.0998. The van der Waals surface area contributed by atoms with E-state index in [0.29, 0.717) is 41.7 Å². The van der Waals surface area contributed by atoms with E-state index in [1.165, 1.54) is 0 Å². The Labute approximate surface area is 206 Å². The third-order valence-electron chi connectivity index (χ3n) is 6.70. The smallest absolute Gasteiger partial charge is 0.404 e. The van der Waals surface area contributed by atoms with Gasteiger partial charge in [-0.05, 0) is 66.3 Å². The van der Waals surface area contributed by atoms with Gasteiger partial charge in [-0.1, -0.05) is 24.3 Å². The van der Waals surface area contributed by atoms with Gasteiger partial charge in [-0.25, -0.2) is 4.79 Å². The fourth-order valence-electron chi connectivity index (χ4n) is 5.01. The van der Waals surface area contributed by atoms with Gasteiger partial charge in [0.15, 0.2) is 0 Å². The third kappa shape index (κ3) is 4.15. The van der Waals surface area contributed by atoms with Gasteiger partial charge in [-0.15, -0.1) is 0 Å². The fraction of sp³-hybridized carbons (Fsp3) is 0.185. The summed E-state index contributed by atoms with van der Waals surface area (Å²) in [6, 6.07) is 14.2. The molecule has 0 saturated heterocycles. The first kappa shape index (κ1) is 23.1. The van der Waals surface area contributed by atoms with Crippen LogP contribution in [0.4, 0.5) is 10.5 Å². The average Bonchev–Trinajstić information content (AvgIpc) is 3.23. The highest BCUT2D eigenvalue weighted by molar-refractivity contribution is 6.11. The number of rotatable bonds is 5. The molecular weight excluding hydrogens is 458 g/mol. The Morgan fingerprint density at radius 2 is 1.92 bits per heavy atom. The van der Waals surface area contributed by atoms with E-state index in [1.54, 1.807) is 30.5 Å². The number of fused-ring (bicyclic) bond motifs is 3. The molecule has 1 aliphatic rings. The van der Waals surface area contributed by atoms with Gasteiger partial charge in [0.1, 0.15) is 5.69 Å². The van der Waals surface area contributed by atoms with Crippen molar-refractivity contribution in [1.82, 2.24) is 15.3 Å². The van der Waals surface area contributed by atoms with Crippen LogP contribution >= 0.6 is 0 Å². The van der Waals surface area contributed by atoms with Gasteiger partial charge < -0.3 is 26.5 Å². The Morgan fingerprint density at radius 1 is 1.08 bits per heavy atom. The molecule has 1 aliphatic carbocycles. The molecule has 2 heterocycles. The van der Waals surface area contributed by atoms with Crippen molar-refractivity contribution in [1.29, 1.82) is 0 Å². The van der Waals surface area contributed by atoms with Crippen molar-refractivity contribution in [3.8, 4) is 11.1 Å². The predicted octanol–water partition coefficient (Wildman–Crippen LogP) is 4.01. The van der Waals surface area contributed by atoms with Crippen molar-refractivity contribution < 1.29 is 19.5 Å². The molecule has 6 N–H and O–H groups in total. The number of aromatic nitrogens is 2. The number of primary amides is 1. The summed E-state index contributed by atoms with van der Waals surface area (Å²) >= 11 is 0. The number of nitrogens with zero attached hydrogens (tertiary/aromatic N) is 1. The average molecular weight is 484 g/mol. The van der Waals surface area contributed by atoms with Crippen molar-refractivity contribution >= 4 is 34.5 Å². The van der Waals surface area contributed by atoms with Crippen LogP contribution in [0.5, 0.6) is 0 Å². The zero-order chi connectivity index (χ0) is 25.4. The van der Waals surface area contributed by atoms with Crippen LogP contribution in [0.3, 0.4) is 0 Å². The van der Waals surface area contributed by atoms with E-state index in [0.717, 1.165) is 33.3 Å². The van der Waals surface area contributed by atoms with Gasteiger partial charge in [-0.3, -0.25) is 14.6 Å². The number of benzene rings is 2. The molecule has 0 fully saturated rings. The molecule has 0 radical (unpaired) electrons. The largest absolute Gasteiger partial charge is 0.465 e. The summed E-state index contributed by atoms with van der Waals surface area (Å²) < 4.78 is 0. The number of amides is 3. The molecule has 0 bridgehead atoms. The second kappa shape index (κ2) is 9.18. The maximum absolute atomic E-state index is 12.7. The van der Waals surface area contributed by atoms with Gasteiger partial charge in [-0.2, -0.15) is 0 Å². The first-order valence-corrected chi connectivity index (χ1v) is 11.6. The van der Waals surface area contributed by atoms with Crippen molar-refractivity contribution in [3.63, 3.8) is 0 Å². The molecule has 1 atom stereocenters. The summed E-state index contributed by atoms with van der Waals surface area (Å²) in [6.45, 7) is 1.93. The zero-order valence-corrected chi connectivity index (χ0v) is 19.6. The van der Waals surface area contributed by atoms with Gasteiger partial charge >= 0.3 is 6.09 Å². The molecule has 182 valence electrons. The van der Waals surface area contributed by atoms with Crippen LogP contribution in [0.1, 0.15) is 44.1 Å². The molecule has 0 spiro atoms. The summed E-state index contributed by atoms with van der Waals surface area (Å²) in [5.74, 6) is -0.848. The summed E-state index contributed by atoms with van der Waals surface area (Å²) in [7, 11) is 0. The highest BCUT2D eigenvalue weighted by atomic mass is 16.4. The molecule has 9 nitrogen and oxygen atoms in total. The maximum atomic E-state index is 12.7. The number of aryl methyl sites for hydroxylation is 1. The van der Waals surface area contributed by atoms with Gasteiger partial charge in [0.05, 0.1) is 11.1 Å². The normalized spacial score (nSPS) is 14.8. The van der Waals surface area contributed by atoms with Gasteiger partial charge in [0.25, 0.3) is 11.8 Å². The summed E-state index contributed by atoms with van der Waals surface area (Å²) in [4.78, 5) is 43.6. The van der Waals surface area contributed by atoms with E-state index in [4.69, 9.17) is 10.8 Å². The third-order valence-corrected chi connectivity index (χ3v) is 6.70. The molecular formula is C27H25N5O4. The number of carboxylic acid groups (broad SMARTS) is 1. The molecule has 0 aliphatic heterocycles. The Hall–Kier alpha value is -4.66. The molecule has 5 rings (SSSR count). The summed E-state index contributed by atoms with van der Waals surface area (Å²) in [6.07, 6.45) is 2.29. The first-order valence-electron chi connectivity index (χ1n) is 11.6. The quantitative estimate of drug-likeness (QED) is 0.291. The van der Waals surface area contributed by atoms with E-state index < -0.39 is 12.0 Å². The Morgan fingerprint density at radius 3 is 2.64 bits per heavy atom. The Kier molecular flexibility index (Phi) is 5.89. The minimum absolute atomic E-state index is 0.213. The number of nitrogens with one attached hydrogen (secondary N) is 3. The number of H-pyrrole nitrogens is 1. The second-order valence-electron chi connectivity index (χ2n) is 8.89. The lowest BCUT2D eigenvalue weighted by atomic mass is 9.87. The lowest BCUT2D eigenvalue weighted by Gasteiger charge is -2.22. The summed E-state index contributed by atoms with van der Waals surface area (Å²) in [5.41, 5.74) is 12.3. The van der Waals surface area contributed by atoms with Crippen molar-refractivity contribution in [2.24, 2.45) is 5.73 Å². The van der Waals surface area contributed by atoms with E-state index in [9.17, 15) is 14.4 Å². The molecule has 1 unspecified atom stereocenters. The van der Waals surface area contributed by atoms with Crippen LogP contribution in [0, 0.1) is 6.92 Å². The van der Waals surface area contributed by atoms with E-state index in [1.807, 2.05) is 31.2 Å². The number of aromatic amines is 1. The molecule has 9 heteroatoms. The fourth-order valence-corrected chi connectivity index (χ4v) is 5.01. The Bertz CT molecular complexity index is 1510. The number of hydrogen-bond acceptors (Lipinski definition) is 4. The molecule has 36 heavy (non-hydrogen) atoms. The topological polar surface area (TPSA) is 150 Å². The lowest BCUT2D eigenvalue weighted by Crippen LogP contribution is -2.37. The molecule has 2 aromatic carbocycles.